The lowest BCUT2D eigenvalue weighted by Crippen LogP contribution is -2.27. The van der Waals surface area contributed by atoms with Crippen molar-refractivity contribution in [3.63, 3.8) is 0 Å². The van der Waals surface area contributed by atoms with Gasteiger partial charge in [-0.05, 0) is 49.2 Å². The summed E-state index contributed by atoms with van der Waals surface area (Å²) < 4.78 is 32.0. The number of hydrogen-bond acceptors (Lipinski definition) is 4. The zero-order chi connectivity index (χ0) is 15.6. The molecule has 0 saturated heterocycles. The van der Waals surface area contributed by atoms with Crippen LogP contribution in [0, 0.1) is 13.8 Å². The van der Waals surface area contributed by atoms with Crippen LogP contribution < -0.4 is 9.04 Å². The highest BCUT2D eigenvalue weighted by Crippen LogP contribution is 2.31. The Hall–Kier alpha value is -2.08. The fraction of sp³-hybridized carbons (Fsp3) is 0.267. The predicted octanol–water partition coefficient (Wildman–Crippen LogP) is 2.53. The van der Waals surface area contributed by atoms with Gasteiger partial charge in [0.25, 0.3) is 10.0 Å². The standard InChI is InChI=1S/C15H18N2O3S/c1-11-8-14(20-4)15(9-12(11)2)21(18,19)17(3)13-6-5-7-16-10-13/h5-10H,1-4H3. The Morgan fingerprint density at radius 3 is 2.43 bits per heavy atom. The van der Waals surface area contributed by atoms with Crippen LogP contribution in [0.5, 0.6) is 5.75 Å². The SMILES string of the molecule is COc1cc(C)c(C)cc1S(=O)(=O)N(C)c1cccnc1. The van der Waals surface area contributed by atoms with E-state index >= 15 is 0 Å². The van der Waals surface area contributed by atoms with Gasteiger partial charge in [-0.15, -0.1) is 0 Å². The van der Waals surface area contributed by atoms with Crippen molar-refractivity contribution >= 4 is 15.7 Å². The van der Waals surface area contributed by atoms with Crippen molar-refractivity contribution in [2.24, 2.45) is 0 Å². The summed E-state index contributed by atoms with van der Waals surface area (Å²) in [6.07, 6.45) is 3.10. The quantitative estimate of drug-likeness (QED) is 0.871. The molecule has 112 valence electrons. The smallest absolute Gasteiger partial charge is 0.267 e. The molecule has 1 aromatic heterocycles. The Morgan fingerprint density at radius 2 is 1.86 bits per heavy atom. The van der Waals surface area contributed by atoms with Crippen molar-refractivity contribution in [1.82, 2.24) is 4.98 Å². The van der Waals surface area contributed by atoms with Gasteiger partial charge in [-0.25, -0.2) is 8.42 Å². The molecule has 0 aliphatic heterocycles. The Labute approximate surface area is 125 Å². The molecule has 0 amide bonds. The van der Waals surface area contributed by atoms with E-state index in [1.165, 1.54) is 24.7 Å². The molecule has 21 heavy (non-hydrogen) atoms. The molecule has 0 radical (unpaired) electrons. The third-order valence-corrected chi connectivity index (χ3v) is 5.23. The summed E-state index contributed by atoms with van der Waals surface area (Å²) in [4.78, 5) is 4.10. The Bertz CT molecular complexity index is 743. The molecule has 0 bridgehead atoms. The van der Waals surface area contributed by atoms with Crippen LogP contribution in [-0.2, 0) is 10.0 Å². The molecule has 1 aromatic carbocycles. The Balaban J connectivity index is 2.57. The van der Waals surface area contributed by atoms with E-state index in [2.05, 4.69) is 4.98 Å². The Morgan fingerprint density at radius 1 is 1.19 bits per heavy atom. The van der Waals surface area contributed by atoms with Crippen LogP contribution in [0.15, 0.2) is 41.6 Å². The third-order valence-electron chi connectivity index (χ3n) is 3.43. The number of aryl methyl sites for hydroxylation is 2. The molecule has 2 aromatic rings. The van der Waals surface area contributed by atoms with E-state index in [-0.39, 0.29) is 4.90 Å². The van der Waals surface area contributed by atoms with Gasteiger partial charge in [0.1, 0.15) is 10.6 Å². The minimum Gasteiger partial charge on any atom is -0.495 e. The molecule has 2 rings (SSSR count). The van der Waals surface area contributed by atoms with Gasteiger partial charge in [0.05, 0.1) is 19.0 Å². The average Bonchev–Trinajstić information content (AvgIpc) is 2.49. The highest BCUT2D eigenvalue weighted by Gasteiger charge is 2.26. The first-order chi connectivity index (χ1) is 9.87. The second-order valence-electron chi connectivity index (χ2n) is 4.77. The number of hydrogen-bond donors (Lipinski definition) is 0. The van der Waals surface area contributed by atoms with Crippen LogP contribution in [0.3, 0.4) is 0 Å². The van der Waals surface area contributed by atoms with E-state index in [0.29, 0.717) is 11.4 Å². The summed E-state index contributed by atoms with van der Waals surface area (Å²) >= 11 is 0. The molecule has 0 spiro atoms. The van der Waals surface area contributed by atoms with E-state index in [4.69, 9.17) is 4.74 Å². The summed E-state index contributed by atoms with van der Waals surface area (Å²) in [5, 5.41) is 0. The zero-order valence-corrected chi connectivity index (χ0v) is 13.3. The van der Waals surface area contributed by atoms with Gasteiger partial charge in [0.15, 0.2) is 0 Å². The number of sulfonamides is 1. The lowest BCUT2D eigenvalue weighted by molar-refractivity contribution is 0.402. The number of ether oxygens (including phenoxy) is 1. The number of methoxy groups -OCH3 is 1. The van der Waals surface area contributed by atoms with Gasteiger partial charge >= 0.3 is 0 Å². The Kier molecular flexibility index (Phi) is 4.18. The molecular weight excluding hydrogens is 288 g/mol. The number of pyridine rings is 1. The second-order valence-corrected chi connectivity index (χ2v) is 6.71. The van der Waals surface area contributed by atoms with E-state index in [0.717, 1.165) is 11.1 Å². The van der Waals surface area contributed by atoms with Crippen LogP contribution in [0.2, 0.25) is 0 Å². The molecular formula is C15H18N2O3S. The lowest BCUT2D eigenvalue weighted by Gasteiger charge is -2.21. The summed E-state index contributed by atoms with van der Waals surface area (Å²) in [6.45, 7) is 3.79. The molecule has 1 heterocycles. The zero-order valence-electron chi connectivity index (χ0n) is 12.5. The van der Waals surface area contributed by atoms with Crippen molar-refractivity contribution < 1.29 is 13.2 Å². The van der Waals surface area contributed by atoms with Crippen LogP contribution in [0.4, 0.5) is 5.69 Å². The van der Waals surface area contributed by atoms with Crippen LogP contribution >= 0.6 is 0 Å². The minimum absolute atomic E-state index is 0.152. The summed E-state index contributed by atoms with van der Waals surface area (Å²) in [6, 6.07) is 6.76. The highest BCUT2D eigenvalue weighted by atomic mass is 32.2. The molecule has 0 fully saturated rings. The molecule has 0 aliphatic rings. The molecule has 0 aliphatic carbocycles. The van der Waals surface area contributed by atoms with E-state index in [9.17, 15) is 8.42 Å². The molecule has 5 nitrogen and oxygen atoms in total. The van der Waals surface area contributed by atoms with Gasteiger partial charge in [-0.1, -0.05) is 0 Å². The predicted molar refractivity (Wildman–Crippen MR) is 82.3 cm³/mol. The normalized spacial score (nSPS) is 11.2. The molecule has 6 heteroatoms. The van der Waals surface area contributed by atoms with Gasteiger partial charge in [-0.3, -0.25) is 9.29 Å². The number of benzene rings is 1. The minimum atomic E-state index is -3.71. The number of anilines is 1. The second kappa shape index (κ2) is 5.73. The van der Waals surface area contributed by atoms with Crippen LogP contribution in [0.1, 0.15) is 11.1 Å². The first kappa shape index (κ1) is 15.3. The lowest BCUT2D eigenvalue weighted by atomic mass is 10.1. The molecule has 0 saturated carbocycles. The van der Waals surface area contributed by atoms with Gasteiger partial charge in [0.2, 0.25) is 0 Å². The molecule has 0 N–H and O–H groups in total. The number of rotatable bonds is 4. The summed E-state index contributed by atoms with van der Waals surface area (Å²) in [5.74, 6) is 0.342. The topological polar surface area (TPSA) is 59.5 Å². The van der Waals surface area contributed by atoms with Gasteiger partial charge in [0, 0.05) is 13.2 Å². The van der Waals surface area contributed by atoms with E-state index in [1.54, 1.807) is 30.5 Å². The maximum atomic E-state index is 12.8. The monoisotopic (exact) mass is 306 g/mol. The van der Waals surface area contributed by atoms with Crippen LogP contribution in [0.25, 0.3) is 0 Å². The summed E-state index contributed by atoms with van der Waals surface area (Å²) in [5.41, 5.74) is 2.38. The largest absolute Gasteiger partial charge is 0.495 e. The summed E-state index contributed by atoms with van der Waals surface area (Å²) in [7, 11) is -0.739. The molecule has 0 unspecified atom stereocenters. The first-order valence-electron chi connectivity index (χ1n) is 6.42. The van der Waals surface area contributed by atoms with Crippen molar-refractivity contribution in [2.75, 3.05) is 18.5 Å². The third kappa shape index (κ3) is 2.85. The van der Waals surface area contributed by atoms with Crippen molar-refractivity contribution in [1.29, 1.82) is 0 Å². The van der Waals surface area contributed by atoms with Crippen molar-refractivity contribution in [2.45, 2.75) is 18.7 Å². The van der Waals surface area contributed by atoms with E-state index < -0.39 is 10.0 Å². The number of nitrogens with zero attached hydrogens (tertiary/aromatic N) is 2. The van der Waals surface area contributed by atoms with Crippen molar-refractivity contribution in [3.8, 4) is 5.75 Å². The number of aromatic nitrogens is 1. The maximum Gasteiger partial charge on any atom is 0.267 e. The van der Waals surface area contributed by atoms with Gasteiger partial charge < -0.3 is 4.74 Å². The first-order valence-corrected chi connectivity index (χ1v) is 7.86. The van der Waals surface area contributed by atoms with E-state index in [1.807, 2.05) is 13.8 Å². The van der Waals surface area contributed by atoms with Crippen molar-refractivity contribution in [3.05, 3.63) is 47.8 Å². The molecule has 0 atom stereocenters. The maximum absolute atomic E-state index is 12.8. The fourth-order valence-electron chi connectivity index (χ4n) is 1.95. The average molecular weight is 306 g/mol. The fourth-order valence-corrected chi connectivity index (χ4v) is 3.35. The van der Waals surface area contributed by atoms with Crippen LogP contribution in [-0.4, -0.2) is 27.6 Å². The van der Waals surface area contributed by atoms with Gasteiger partial charge in [-0.2, -0.15) is 0 Å². The highest BCUT2D eigenvalue weighted by molar-refractivity contribution is 7.92.